The maximum absolute atomic E-state index is 13.8. The molecule has 2 aliphatic heterocycles. The van der Waals surface area contributed by atoms with Crippen LogP contribution >= 0.6 is 0 Å². The summed E-state index contributed by atoms with van der Waals surface area (Å²) in [7, 11) is -0.884. The van der Waals surface area contributed by atoms with Crippen molar-refractivity contribution in [2.75, 3.05) is 5.32 Å². The molecule has 252 valence electrons. The second kappa shape index (κ2) is 10.1. The zero-order valence-corrected chi connectivity index (χ0v) is 29.6. The van der Waals surface area contributed by atoms with Crippen LogP contribution in [0.4, 0.5) is 5.69 Å². The van der Waals surface area contributed by atoms with Crippen LogP contribution in [-0.4, -0.2) is 43.6 Å². The lowest BCUT2D eigenvalue weighted by Gasteiger charge is -2.64. The third-order valence-electron chi connectivity index (χ3n) is 15.2. The molecule has 2 heterocycles. The van der Waals surface area contributed by atoms with E-state index in [0.29, 0.717) is 29.2 Å². The highest BCUT2D eigenvalue weighted by atomic mass is 16.7. The first kappa shape index (κ1) is 30.9. The summed E-state index contributed by atoms with van der Waals surface area (Å²) in [5.74, 6) is 1.82. The van der Waals surface area contributed by atoms with Gasteiger partial charge in [-0.15, -0.1) is 0 Å². The highest BCUT2D eigenvalue weighted by Gasteiger charge is 2.71. The summed E-state index contributed by atoms with van der Waals surface area (Å²) in [5.41, 5.74) is 5.83. The molecule has 3 aromatic carbocycles. The van der Waals surface area contributed by atoms with Gasteiger partial charge >= 0.3 is 14.2 Å². The lowest BCUT2D eigenvalue weighted by atomic mass is 9.43. The van der Waals surface area contributed by atoms with Gasteiger partial charge in [-0.3, -0.25) is 4.79 Å². The molecule has 0 spiro atoms. The molecule has 9 aliphatic rings. The van der Waals surface area contributed by atoms with Crippen molar-refractivity contribution in [2.45, 2.75) is 102 Å². The normalized spacial score (nSPS) is 39.9. The van der Waals surface area contributed by atoms with Gasteiger partial charge in [0, 0.05) is 22.9 Å². The summed E-state index contributed by atoms with van der Waals surface area (Å²) in [6, 6.07) is 24.6. The molecule has 5 unspecified atom stereocenters. The number of fused-ring (bicyclic) bond motifs is 2. The molecule has 6 saturated carbocycles. The van der Waals surface area contributed by atoms with Gasteiger partial charge in [-0.05, 0) is 121 Å². The minimum Gasteiger partial charge on any atom is -0.405 e. The Hall–Kier alpha value is -2.90. The van der Waals surface area contributed by atoms with Crippen molar-refractivity contribution in [1.29, 1.82) is 0 Å². The SMILES string of the molecule is CC1(C)C2C[C@H]1CC1OB(C3c4ccccc4C(B4OC5C[C@@H]6C[C@@H](C6(C)C)[C@]5(C)O4)c4cc(C(=O)Nc5ccccc5)ccc43)O[C@]12C. The number of hydrogen-bond acceptors (Lipinski definition) is 5. The van der Waals surface area contributed by atoms with Gasteiger partial charge in [-0.1, -0.05) is 76.2 Å². The van der Waals surface area contributed by atoms with Gasteiger partial charge in [0.05, 0.1) is 23.4 Å². The average Bonchev–Trinajstić information content (AvgIpc) is 3.63. The van der Waals surface area contributed by atoms with Crippen LogP contribution in [0.15, 0.2) is 72.8 Å². The molecule has 4 bridgehead atoms. The van der Waals surface area contributed by atoms with Crippen LogP contribution in [0.25, 0.3) is 0 Å². The minimum atomic E-state index is -0.461. The number of carbonyl (C=O) groups is 1. The van der Waals surface area contributed by atoms with Crippen molar-refractivity contribution >= 4 is 25.8 Å². The summed E-state index contributed by atoms with van der Waals surface area (Å²) >= 11 is 0. The summed E-state index contributed by atoms with van der Waals surface area (Å²) in [5, 5.41) is 3.11. The van der Waals surface area contributed by atoms with Crippen molar-refractivity contribution in [3.8, 4) is 0 Å². The molecule has 2 saturated heterocycles. The van der Waals surface area contributed by atoms with E-state index in [2.05, 4.69) is 83.3 Å². The fourth-order valence-electron chi connectivity index (χ4n) is 12.1. The smallest absolute Gasteiger partial charge is 0.405 e. The molecule has 0 aromatic heterocycles. The summed E-state index contributed by atoms with van der Waals surface area (Å²) in [6.07, 6.45) is 4.63. The zero-order valence-electron chi connectivity index (χ0n) is 29.6. The van der Waals surface area contributed by atoms with E-state index in [-0.39, 0.29) is 51.8 Å². The highest BCUT2D eigenvalue weighted by Crippen LogP contribution is 2.68. The van der Waals surface area contributed by atoms with Gasteiger partial charge in [0.2, 0.25) is 0 Å². The minimum absolute atomic E-state index is 0.0617. The lowest BCUT2D eigenvalue weighted by Crippen LogP contribution is -2.65. The standard InChI is InChI=1S/C41H47B2NO5/c1-38(2)24-19-31(38)40(5)33(21-24)46-42(48-40)35-27-14-10-11-15-28(27)36(43-47-34-22-25-20-32(39(25,3)4)41(34,6)49-43)30-18-23(16-17-29(30)35)37(45)44-26-12-8-7-9-13-26/h7-18,24-25,31-36H,19-22H2,1-6H3,(H,44,45)/t24-,25-,31?,32-,33?,34?,35?,36?,40-,41-/m0/s1. The summed E-state index contributed by atoms with van der Waals surface area (Å²) in [4.78, 5) is 13.8. The number of benzene rings is 3. The van der Waals surface area contributed by atoms with Crippen LogP contribution in [0.3, 0.4) is 0 Å². The molecule has 12 rings (SSSR count). The van der Waals surface area contributed by atoms with E-state index in [0.717, 1.165) is 29.7 Å². The van der Waals surface area contributed by atoms with Gasteiger partial charge in [-0.25, -0.2) is 0 Å². The molecular weight excluding hydrogens is 608 g/mol. The molecule has 10 atom stereocenters. The van der Waals surface area contributed by atoms with Crippen molar-refractivity contribution in [2.24, 2.45) is 34.5 Å². The van der Waals surface area contributed by atoms with E-state index in [1.807, 2.05) is 36.4 Å². The monoisotopic (exact) mass is 655 g/mol. The van der Waals surface area contributed by atoms with Gasteiger partial charge in [0.25, 0.3) is 5.91 Å². The molecule has 7 aliphatic carbocycles. The van der Waals surface area contributed by atoms with E-state index < -0.39 is 14.2 Å². The molecule has 1 N–H and O–H groups in total. The van der Waals surface area contributed by atoms with Crippen molar-refractivity contribution < 1.29 is 23.4 Å². The number of carbonyl (C=O) groups excluding carboxylic acids is 1. The number of amides is 1. The Morgan fingerprint density at radius 3 is 1.65 bits per heavy atom. The zero-order chi connectivity index (χ0) is 33.7. The maximum Gasteiger partial charge on any atom is 0.470 e. The van der Waals surface area contributed by atoms with Crippen LogP contribution in [0.2, 0.25) is 0 Å². The Bertz CT molecular complexity index is 1870. The predicted octanol–water partition coefficient (Wildman–Crippen LogP) is 8.05. The number of anilines is 1. The molecule has 8 fully saturated rings. The van der Waals surface area contributed by atoms with Crippen LogP contribution in [-0.2, 0) is 18.6 Å². The molecular formula is C41H47B2NO5. The predicted molar refractivity (Wildman–Crippen MR) is 191 cm³/mol. The Balaban J connectivity index is 1.07. The Morgan fingerprint density at radius 1 is 0.633 bits per heavy atom. The van der Waals surface area contributed by atoms with E-state index >= 15 is 0 Å². The summed E-state index contributed by atoms with van der Waals surface area (Å²) < 4.78 is 28.4. The topological polar surface area (TPSA) is 66.0 Å². The molecule has 1 amide bonds. The number of hydrogen-bond donors (Lipinski definition) is 1. The maximum atomic E-state index is 13.8. The molecule has 8 heteroatoms. The van der Waals surface area contributed by atoms with Crippen molar-refractivity contribution in [3.05, 3.63) is 101 Å². The Morgan fingerprint density at radius 2 is 1.12 bits per heavy atom. The second-order valence-corrected chi connectivity index (χ2v) is 17.9. The van der Waals surface area contributed by atoms with Crippen LogP contribution in [0, 0.1) is 34.5 Å². The van der Waals surface area contributed by atoms with E-state index in [1.54, 1.807) is 0 Å². The van der Waals surface area contributed by atoms with Gasteiger partial charge in [0.1, 0.15) is 0 Å². The Kier molecular flexibility index (Phi) is 6.38. The molecule has 3 aromatic rings. The first-order chi connectivity index (χ1) is 23.4. The van der Waals surface area contributed by atoms with Crippen molar-refractivity contribution in [3.63, 3.8) is 0 Å². The molecule has 49 heavy (non-hydrogen) atoms. The van der Waals surface area contributed by atoms with E-state index in [9.17, 15) is 4.79 Å². The first-order valence-electron chi connectivity index (χ1n) is 18.6. The quantitative estimate of drug-likeness (QED) is 0.288. The highest BCUT2D eigenvalue weighted by molar-refractivity contribution is 6.51. The van der Waals surface area contributed by atoms with Crippen molar-refractivity contribution in [1.82, 2.24) is 0 Å². The first-order valence-corrected chi connectivity index (χ1v) is 18.6. The second-order valence-electron chi connectivity index (χ2n) is 17.9. The average molecular weight is 655 g/mol. The largest absolute Gasteiger partial charge is 0.470 e. The van der Waals surface area contributed by atoms with Crippen LogP contribution in [0.5, 0.6) is 0 Å². The number of para-hydroxylation sites is 1. The van der Waals surface area contributed by atoms with Gasteiger partial charge in [-0.2, -0.15) is 0 Å². The lowest BCUT2D eigenvalue weighted by molar-refractivity contribution is -0.199. The van der Waals surface area contributed by atoms with Crippen LogP contribution in [0.1, 0.15) is 111 Å². The van der Waals surface area contributed by atoms with Gasteiger partial charge < -0.3 is 23.9 Å². The Labute approximate surface area is 291 Å². The fraction of sp³-hybridized carbons (Fsp3) is 0.537. The van der Waals surface area contributed by atoms with Crippen LogP contribution < -0.4 is 5.32 Å². The van der Waals surface area contributed by atoms with E-state index in [1.165, 1.54) is 24.0 Å². The number of rotatable bonds is 4. The van der Waals surface area contributed by atoms with E-state index in [4.69, 9.17) is 18.6 Å². The van der Waals surface area contributed by atoms with Gasteiger partial charge in [0.15, 0.2) is 0 Å². The third-order valence-corrected chi connectivity index (χ3v) is 15.2. The molecule has 0 radical (unpaired) electrons. The number of nitrogens with one attached hydrogen (secondary N) is 1. The summed E-state index contributed by atoms with van der Waals surface area (Å²) in [6.45, 7) is 14.2. The fourth-order valence-corrected chi connectivity index (χ4v) is 12.1. The molecule has 6 nitrogen and oxygen atoms in total. The third kappa shape index (κ3) is 4.09.